The molecule has 3 nitrogen and oxygen atoms in total. The van der Waals surface area contributed by atoms with Gasteiger partial charge < -0.3 is 14.6 Å². The summed E-state index contributed by atoms with van der Waals surface area (Å²) in [6.45, 7) is 3.60. The van der Waals surface area contributed by atoms with E-state index in [4.69, 9.17) is 9.47 Å². The largest absolute Gasteiger partial charge is 0.491 e. The Balaban J connectivity index is 1.33. The summed E-state index contributed by atoms with van der Waals surface area (Å²) < 4.78 is 11.4. The molecule has 0 saturated carbocycles. The smallest absolute Gasteiger partial charge is 0.119 e. The summed E-state index contributed by atoms with van der Waals surface area (Å²) in [6.07, 6.45) is 21.4. The van der Waals surface area contributed by atoms with E-state index in [9.17, 15) is 5.11 Å². The molecule has 0 bridgehead atoms. The van der Waals surface area contributed by atoms with Crippen LogP contribution in [-0.2, 0) is 4.74 Å². The van der Waals surface area contributed by atoms with Gasteiger partial charge in [0.05, 0.1) is 6.61 Å². The van der Waals surface area contributed by atoms with Crippen LogP contribution in [0.2, 0.25) is 0 Å². The van der Waals surface area contributed by atoms with Crippen molar-refractivity contribution in [3.63, 3.8) is 0 Å². The molecule has 0 aliphatic carbocycles. The molecule has 36 heavy (non-hydrogen) atoms. The van der Waals surface area contributed by atoms with E-state index in [0.29, 0.717) is 6.61 Å². The van der Waals surface area contributed by atoms with Gasteiger partial charge in [-0.15, -0.1) is 0 Å². The van der Waals surface area contributed by atoms with Gasteiger partial charge in [-0.2, -0.15) is 0 Å². The number of aliphatic hydroxyl groups is 1. The second kappa shape index (κ2) is 21.3. The van der Waals surface area contributed by atoms with Gasteiger partial charge in [-0.3, -0.25) is 0 Å². The molecular weight excluding hydrogens is 444 g/mol. The average Bonchev–Trinajstić information content (AvgIpc) is 2.92. The van der Waals surface area contributed by atoms with Gasteiger partial charge >= 0.3 is 0 Å². The van der Waals surface area contributed by atoms with Crippen LogP contribution < -0.4 is 4.74 Å². The molecule has 0 aliphatic rings. The second-order valence-electron chi connectivity index (χ2n) is 10.2. The van der Waals surface area contributed by atoms with Gasteiger partial charge in [0.2, 0.25) is 0 Å². The van der Waals surface area contributed by atoms with Crippen molar-refractivity contribution in [2.24, 2.45) is 0 Å². The fraction of sp³-hybridized carbons (Fsp3) is 0.636. The lowest BCUT2D eigenvalue weighted by molar-refractivity contribution is 0.0110. The minimum absolute atomic E-state index is 0.254. The van der Waals surface area contributed by atoms with Gasteiger partial charge in [0.25, 0.3) is 0 Å². The van der Waals surface area contributed by atoms with Crippen LogP contribution in [0.15, 0.2) is 54.6 Å². The lowest BCUT2D eigenvalue weighted by Crippen LogP contribution is -2.23. The summed E-state index contributed by atoms with van der Waals surface area (Å²) in [5.41, 5.74) is 2.34. The average molecular weight is 497 g/mol. The Hall–Kier alpha value is -1.84. The molecule has 2 rings (SSSR count). The standard InChI is InChI=1S/C33H52O3/c1-2-3-4-5-6-7-8-9-10-11-12-13-14-15-16-20-27-35-28-32(34)29-36-33-25-23-31(24-26-33)30-21-18-17-19-22-30/h17-19,21-26,32,34H,2-16,20,27-29H2,1H3. The van der Waals surface area contributed by atoms with E-state index in [0.717, 1.165) is 24.3 Å². The van der Waals surface area contributed by atoms with E-state index in [-0.39, 0.29) is 6.61 Å². The third-order valence-electron chi connectivity index (χ3n) is 6.86. The van der Waals surface area contributed by atoms with E-state index in [2.05, 4.69) is 19.1 Å². The summed E-state index contributed by atoms with van der Waals surface area (Å²) in [5.74, 6) is 0.770. The first-order valence-corrected chi connectivity index (χ1v) is 14.8. The SMILES string of the molecule is CCCCCCCCCCCCCCCCCCOCC(O)COc1ccc(-c2ccccc2)cc1. The highest BCUT2D eigenvalue weighted by atomic mass is 16.5. The Labute approximate surface area is 221 Å². The zero-order valence-electron chi connectivity index (χ0n) is 23.0. The Morgan fingerprint density at radius 3 is 1.56 bits per heavy atom. The summed E-state index contributed by atoms with van der Waals surface area (Å²) in [4.78, 5) is 0. The zero-order chi connectivity index (χ0) is 25.5. The Bertz CT molecular complexity index is 728. The zero-order valence-corrected chi connectivity index (χ0v) is 23.0. The van der Waals surface area contributed by atoms with Crippen molar-refractivity contribution < 1.29 is 14.6 Å². The molecule has 0 amide bonds. The molecule has 0 radical (unpaired) electrons. The molecule has 1 atom stereocenters. The van der Waals surface area contributed by atoms with Crippen molar-refractivity contribution in [3.05, 3.63) is 54.6 Å². The third-order valence-corrected chi connectivity index (χ3v) is 6.86. The predicted molar refractivity (Wildman–Crippen MR) is 154 cm³/mol. The highest BCUT2D eigenvalue weighted by Gasteiger charge is 2.06. The fourth-order valence-electron chi connectivity index (χ4n) is 4.59. The van der Waals surface area contributed by atoms with Crippen LogP contribution in [0.3, 0.4) is 0 Å². The Kier molecular flexibility index (Phi) is 17.9. The van der Waals surface area contributed by atoms with Crippen LogP contribution in [0.25, 0.3) is 11.1 Å². The number of hydrogen-bond donors (Lipinski definition) is 1. The molecule has 2 aromatic rings. The van der Waals surface area contributed by atoms with Crippen molar-refractivity contribution >= 4 is 0 Å². The Morgan fingerprint density at radius 2 is 1.03 bits per heavy atom. The summed E-state index contributed by atoms with van der Waals surface area (Å²) in [5, 5.41) is 10.1. The van der Waals surface area contributed by atoms with E-state index < -0.39 is 6.10 Å². The molecule has 1 unspecified atom stereocenters. The predicted octanol–water partition coefficient (Wildman–Crippen LogP) is 9.37. The normalized spacial score (nSPS) is 12.1. The number of ether oxygens (including phenoxy) is 2. The van der Waals surface area contributed by atoms with Gasteiger partial charge in [-0.25, -0.2) is 0 Å². The number of benzene rings is 2. The van der Waals surface area contributed by atoms with Gasteiger partial charge in [0.1, 0.15) is 18.5 Å². The maximum absolute atomic E-state index is 10.1. The number of hydrogen-bond acceptors (Lipinski definition) is 3. The summed E-state index contributed by atoms with van der Waals surface area (Å²) in [6, 6.07) is 18.3. The molecule has 0 spiro atoms. The van der Waals surface area contributed by atoms with E-state index in [1.54, 1.807) is 0 Å². The minimum atomic E-state index is -0.597. The van der Waals surface area contributed by atoms with Crippen LogP contribution in [0.5, 0.6) is 5.75 Å². The van der Waals surface area contributed by atoms with Crippen LogP contribution >= 0.6 is 0 Å². The molecule has 0 saturated heterocycles. The topological polar surface area (TPSA) is 38.7 Å². The first kappa shape index (κ1) is 30.4. The molecule has 2 aromatic carbocycles. The summed E-state index contributed by atoms with van der Waals surface area (Å²) >= 11 is 0. The van der Waals surface area contributed by atoms with Crippen molar-refractivity contribution in [2.75, 3.05) is 19.8 Å². The maximum atomic E-state index is 10.1. The van der Waals surface area contributed by atoms with Gasteiger partial charge in [0, 0.05) is 6.61 Å². The fourth-order valence-corrected chi connectivity index (χ4v) is 4.59. The molecule has 202 valence electrons. The molecule has 0 aliphatic heterocycles. The second-order valence-corrected chi connectivity index (χ2v) is 10.2. The van der Waals surface area contributed by atoms with Crippen molar-refractivity contribution in [2.45, 2.75) is 116 Å². The van der Waals surface area contributed by atoms with Gasteiger partial charge in [-0.05, 0) is 29.7 Å². The number of unbranched alkanes of at least 4 members (excludes halogenated alkanes) is 15. The van der Waals surface area contributed by atoms with Crippen LogP contribution in [0, 0.1) is 0 Å². The molecule has 0 aromatic heterocycles. The molecule has 0 heterocycles. The molecule has 3 heteroatoms. The summed E-state index contributed by atoms with van der Waals surface area (Å²) in [7, 11) is 0. The lowest BCUT2D eigenvalue weighted by atomic mass is 10.0. The van der Waals surface area contributed by atoms with E-state index >= 15 is 0 Å². The van der Waals surface area contributed by atoms with Gasteiger partial charge in [-0.1, -0.05) is 146 Å². The van der Waals surface area contributed by atoms with Crippen LogP contribution in [0.4, 0.5) is 0 Å². The quantitative estimate of drug-likeness (QED) is 0.156. The lowest BCUT2D eigenvalue weighted by Gasteiger charge is -2.13. The van der Waals surface area contributed by atoms with Crippen LogP contribution in [0.1, 0.15) is 110 Å². The number of aliphatic hydroxyl groups excluding tert-OH is 1. The number of rotatable bonds is 23. The van der Waals surface area contributed by atoms with Crippen molar-refractivity contribution in [1.29, 1.82) is 0 Å². The molecular formula is C33H52O3. The van der Waals surface area contributed by atoms with Crippen molar-refractivity contribution in [1.82, 2.24) is 0 Å². The Morgan fingerprint density at radius 1 is 0.556 bits per heavy atom. The first-order valence-electron chi connectivity index (χ1n) is 14.8. The maximum Gasteiger partial charge on any atom is 0.119 e. The monoisotopic (exact) mass is 496 g/mol. The van der Waals surface area contributed by atoms with Crippen LogP contribution in [-0.4, -0.2) is 31.0 Å². The third kappa shape index (κ3) is 15.3. The molecule has 0 fully saturated rings. The highest BCUT2D eigenvalue weighted by molar-refractivity contribution is 5.63. The minimum Gasteiger partial charge on any atom is -0.491 e. The van der Waals surface area contributed by atoms with E-state index in [1.165, 1.54) is 102 Å². The highest BCUT2D eigenvalue weighted by Crippen LogP contribution is 2.22. The van der Waals surface area contributed by atoms with E-state index in [1.807, 2.05) is 42.5 Å². The molecule has 1 N–H and O–H groups in total. The van der Waals surface area contributed by atoms with Crippen molar-refractivity contribution in [3.8, 4) is 16.9 Å². The first-order chi connectivity index (χ1) is 17.8. The van der Waals surface area contributed by atoms with Gasteiger partial charge in [0.15, 0.2) is 0 Å².